The first-order chi connectivity index (χ1) is 21.1. The molecule has 8 heteroatoms. The summed E-state index contributed by atoms with van der Waals surface area (Å²) in [5.74, 6) is 1.34. The molecule has 3 atom stereocenters. The van der Waals surface area contributed by atoms with Gasteiger partial charge in [0.1, 0.15) is 6.10 Å². The van der Waals surface area contributed by atoms with Crippen LogP contribution in [0.4, 0.5) is 5.95 Å². The maximum absolute atomic E-state index is 13.7. The highest BCUT2D eigenvalue weighted by atomic mass is 32.2. The number of ether oxygens (including phenoxy) is 1. The highest BCUT2D eigenvalue weighted by Gasteiger charge is 2.49. The van der Waals surface area contributed by atoms with E-state index in [0.29, 0.717) is 28.9 Å². The van der Waals surface area contributed by atoms with E-state index in [0.717, 1.165) is 48.2 Å². The standard InChI is InChI=1S/C36H46N4O3S/c1-23(2)17-30-29-13-16-40(27-20-36(21-27)14-5-6-15-36)22-32(30)43-33-19-31(34-24(3)9-7-10-25(34)4)37-35(38-33)39-44(41,42)28-12-8-11-26(29)18-28/h7-12,18-19,23,27,29-30,32H,5-6,13-17,20-22H2,1-4H3,(H,37,38,39)/t29?,30-,32+/m0/s1. The fourth-order valence-electron chi connectivity index (χ4n) is 8.82. The Balaban J connectivity index is 1.35. The van der Waals surface area contributed by atoms with Crippen LogP contribution in [0.5, 0.6) is 5.88 Å². The molecule has 3 aromatic rings. The van der Waals surface area contributed by atoms with Crippen LogP contribution in [0.1, 0.15) is 87.8 Å². The molecule has 1 spiro atoms. The topological polar surface area (TPSA) is 84.4 Å². The van der Waals surface area contributed by atoms with E-state index in [-0.39, 0.29) is 28.8 Å². The van der Waals surface area contributed by atoms with Crippen LogP contribution in [-0.4, -0.2) is 48.5 Å². The smallest absolute Gasteiger partial charge is 0.264 e. The average Bonchev–Trinajstić information content (AvgIpc) is 3.38. The number of hydrogen-bond donors (Lipinski definition) is 1. The Morgan fingerprint density at radius 1 is 1.02 bits per heavy atom. The minimum atomic E-state index is -3.92. The molecule has 2 saturated carbocycles. The summed E-state index contributed by atoms with van der Waals surface area (Å²) in [6.45, 7) is 10.5. The van der Waals surface area contributed by atoms with Crippen molar-refractivity contribution >= 4 is 16.0 Å². The van der Waals surface area contributed by atoms with Gasteiger partial charge in [0.05, 0.1) is 10.6 Å². The Hall–Kier alpha value is -2.97. The van der Waals surface area contributed by atoms with Crippen LogP contribution in [-0.2, 0) is 10.0 Å². The lowest BCUT2D eigenvalue weighted by molar-refractivity contribution is -0.0143. The number of aromatic nitrogens is 2. The van der Waals surface area contributed by atoms with E-state index in [9.17, 15) is 8.42 Å². The molecule has 234 valence electrons. The van der Waals surface area contributed by atoms with Crippen LogP contribution in [0.3, 0.4) is 0 Å². The molecule has 7 nitrogen and oxygen atoms in total. The summed E-state index contributed by atoms with van der Waals surface area (Å²) in [4.78, 5) is 12.4. The van der Waals surface area contributed by atoms with Gasteiger partial charge in [0.2, 0.25) is 11.8 Å². The van der Waals surface area contributed by atoms with Crippen LogP contribution < -0.4 is 9.46 Å². The summed E-state index contributed by atoms with van der Waals surface area (Å²) in [5.41, 5.74) is 5.43. The number of aryl methyl sites for hydroxylation is 2. The molecule has 0 amide bonds. The zero-order chi connectivity index (χ0) is 30.6. The molecule has 2 aliphatic carbocycles. The number of nitrogens with zero attached hydrogens (tertiary/aromatic N) is 3. The van der Waals surface area contributed by atoms with Crippen molar-refractivity contribution < 1.29 is 13.2 Å². The first kappa shape index (κ1) is 29.7. The van der Waals surface area contributed by atoms with Gasteiger partial charge in [-0.3, -0.25) is 4.90 Å². The molecule has 4 aliphatic rings. The van der Waals surface area contributed by atoms with Gasteiger partial charge in [-0.2, -0.15) is 4.98 Å². The van der Waals surface area contributed by atoms with E-state index in [1.165, 1.54) is 38.5 Å². The lowest BCUT2D eigenvalue weighted by Crippen LogP contribution is -2.52. The molecule has 3 fully saturated rings. The summed E-state index contributed by atoms with van der Waals surface area (Å²) in [7, 11) is -3.92. The number of likely N-dealkylation sites (tertiary alicyclic amines) is 1. The fraction of sp³-hybridized carbons (Fsp3) is 0.556. The normalized spacial score (nSPS) is 27.4. The van der Waals surface area contributed by atoms with E-state index in [1.807, 2.05) is 24.3 Å². The predicted molar refractivity (Wildman–Crippen MR) is 174 cm³/mol. The summed E-state index contributed by atoms with van der Waals surface area (Å²) < 4.78 is 37.2. The molecule has 3 heterocycles. The lowest BCUT2D eigenvalue weighted by atomic mass is 9.64. The van der Waals surface area contributed by atoms with Crippen molar-refractivity contribution in [1.29, 1.82) is 0 Å². The quantitative estimate of drug-likeness (QED) is 0.328. The molecule has 1 unspecified atom stereocenters. The zero-order valence-corrected chi connectivity index (χ0v) is 27.4. The zero-order valence-electron chi connectivity index (χ0n) is 26.6. The van der Waals surface area contributed by atoms with Crippen molar-refractivity contribution in [2.45, 2.75) is 102 Å². The van der Waals surface area contributed by atoms with Crippen LogP contribution in [0.15, 0.2) is 53.4 Å². The van der Waals surface area contributed by atoms with E-state index < -0.39 is 10.0 Å². The number of fused-ring (bicyclic) bond motifs is 7. The molecule has 1 aromatic heterocycles. The first-order valence-corrected chi connectivity index (χ1v) is 18.1. The van der Waals surface area contributed by atoms with Gasteiger partial charge >= 0.3 is 0 Å². The average molecular weight is 615 g/mol. The molecule has 2 aromatic carbocycles. The maximum Gasteiger partial charge on any atom is 0.264 e. The molecule has 2 aliphatic heterocycles. The maximum atomic E-state index is 13.7. The second-order valence-electron chi connectivity index (χ2n) is 14.5. The molecule has 44 heavy (non-hydrogen) atoms. The largest absolute Gasteiger partial charge is 0.473 e. The van der Waals surface area contributed by atoms with Gasteiger partial charge in [-0.15, -0.1) is 0 Å². The Morgan fingerprint density at radius 3 is 2.48 bits per heavy atom. The molecule has 7 rings (SSSR count). The van der Waals surface area contributed by atoms with Crippen LogP contribution in [0, 0.1) is 31.1 Å². The van der Waals surface area contributed by atoms with E-state index in [4.69, 9.17) is 14.7 Å². The van der Waals surface area contributed by atoms with Crippen molar-refractivity contribution in [3.05, 3.63) is 65.2 Å². The SMILES string of the molecule is Cc1cccc(C)c1-c1cc2nc(n1)NS(=O)(=O)c1cccc(c1)C1CCN(C3CC4(CCCC4)C3)C[C@@H](O2)[C@H]1CC(C)C. The monoisotopic (exact) mass is 614 g/mol. The van der Waals surface area contributed by atoms with Crippen LogP contribution >= 0.6 is 0 Å². The number of nitrogens with one attached hydrogen (secondary N) is 1. The number of hydrogen-bond acceptors (Lipinski definition) is 6. The Kier molecular flexibility index (Phi) is 7.72. The van der Waals surface area contributed by atoms with E-state index in [1.54, 1.807) is 6.07 Å². The summed E-state index contributed by atoms with van der Waals surface area (Å²) in [6.07, 6.45) is 10.0. The number of rotatable bonds is 4. The van der Waals surface area contributed by atoms with Crippen molar-refractivity contribution in [1.82, 2.24) is 14.9 Å². The summed E-state index contributed by atoms with van der Waals surface area (Å²) in [5, 5.41) is 0. The fourth-order valence-corrected chi connectivity index (χ4v) is 9.82. The van der Waals surface area contributed by atoms with E-state index >= 15 is 0 Å². The highest BCUT2D eigenvalue weighted by Crippen LogP contribution is 2.55. The third-order valence-electron chi connectivity index (χ3n) is 10.9. The van der Waals surface area contributed by atoms with Gasteiger partial charge in [0, 0.05) is 30.1 Å². The first-order valence-electron chi connectivity index (χ1n) is 16.6. The molecule has 1 N–H and O–H groups in total. The van der Waals surface area contributed by atoms with Crippen molar-refractivity contribution in [3.8, 4) is 17.1 Å². The van der Waals surface area contributed by atoms with Crippen molar-refractivity contribution in [3.63, 3.8) is 0 Å². The van der Waals surface area contributed by atoms with Crippen molar-refractivity contribution in [2.75, 3.05) is 17.8 Å². The minimum Gasteiger partial charge on any atom is -0.473 e. The third-order valence-corrected chi connectivity index (χ3v) is 12.3. The van der Waals surface area contributed by atoms with Gasteiger partial charge in [0.25, 0.3) is 10.0 Å². The molecular formula is C36H46N4O3S. The molecule has 0 radical (unpaired) electrons. The van der Waals surface area contributed by atoms with Gasteiger partial charge in [-0.05, 0) is 105 Å². The van der Waals surface area contributed by atoms with Gasteiger partial charge in [0.15, 0.2) is 0 Å². The highest BCUT2D eigenvalue weighted by molar-refractivity contribution is 7.92. The third kappa shape index (κ3) is 5.64. The minimum absolute atomic E-state index is 0.0377. The Labute approximate surface area is 262 Å². The Bertz CT molecular complexity index is 1620. The second-order valence-corrected chi connectivity index (χ2v) is 16.2. The van der Waals surface area contributed by atoms with E-state index in [2.05, 4.69) is 55.5 Å². The predicted octanol–water partition coefficient (Wildman–Crippen LogP) is 7.50. The molecule has 6 bridgehead atoms. The summed E-state index contributed by atoms with van der Waals surface area (Å²) >= 11 is 0. The number of anilines is 1. The number of sulfonamides is 1. The van der Waals surface area contributed by atoms with Crippen molar-refractivity contribution in [2.24, 2.45) is 17.3 Å². The van der Waals surface area contributed by atoms with Crippen LogP contribution in [0.25, 0.3) is 11.3 Å². The Morgan fingerprint density at radius 2 is 1.75 bits per heavy atom. The second kappa shape index (κ2) is 11.4. The van der Waals surface area contributed by atoms with Crippen LogP contribution in [0.2, 0.25) is 0 Å². The number of benzene rings is 2. The van der Waals surface area contributed by atoms with Gasteiger partial charge < -0.3 is 4.74 Å². The molecule has 1 saturated heterocycles. The lowest BCUT2D eigenvalue weighted by Gasteiger charge is -2.50. The summed E-state index contributed by atoms with van der Waals surface area (Å²) in [6, 6.07) is 16.2. The van der Waals surface area contributed by atoms with Gasteiger partial charge in [-0.25, -0.2) is 18.1 Å². The molecular weight excluding hydrogens is 568 g/mol. The van der Waals surface area contributed by atoms with Gasteiger partial charge in [-0.1, -0.05) is 57.0 Å².